The average molecular weight is 371 g/mol. The van der Waals surface area contributed by atoms with E-state index in [1.807, 2.05) is 29.0 Å². The fourth-order valence-electron chi connectivity index (χ4n) is 3.89. The first kappa shape index (κ1) is 17.9. The molecule has 0 radical (unpaired) electrons. The molecule has 0 atom stereocenters. The van der Waals surface area contributed by atoms with E-state index in [1.54, 1.807) is 6.07 Å². The second-order valence-corrected chi connectivity index (χ2v) is 7.30. The number of amides is 1. The first-order chi connectivity index (χ1) is 13.0. The van der Waals surface area contributed by atoms with E-state index in [0.717, 1.165) is 49.4 Å². The normalized spacial score (nSPS) is 18.4. The minimum absolute atomic E-state index is 0.167. The van der Waals surface area contributed by atoms with Gasteiger partial charge in [0.25, 0.3) is 0 Å². The van der Waals surface area contributed by atoms with Crippen LogP contribution in [0, 0.1) is 11.6 Å². The van der Waals surface area contributed by atoms with Gasteiger partial charge in [-0.2, -0.15) is 0 Å². The van der Waals surface area contributed by atoms with Crippen LogP contribution in [0.4, 0.5) is 25.8 Å². The molecule has 0 bridgehead atoms. The van der Waals surface area contributed by atoms with Gasteiger partial charge in [-0.15, -0.1) is 0 Å². The molecule has 27 heavy (non-hydrogen) atoms. The SMILES string of the molecule is CN1CCN(c2ccc(F)c(F)c2)c2ccc(N3CCCCC3=O)cc2C1. The molecule has 0 spiro atoms. The molecule has 6 heteroatoms. The maximum atomic E-state index is 13.8. The molecule has 2 aliphatic rings. The molecular weight excluding hydrogens is 348 g/mol. The molecule has 1 fully saturated rings. The van der Waals surface area contributed by atoms with Crippen LogP contribution >= 0.6 is 0 Å². The molecule has 0 saturated carbocycles. The van der Waals surface area contributed by atoms with Gasteiger partial charge in [0.1, 0.15) is 0 Å². The van der Waals surface area contributed by atoms with Crippen LogP contribution in [0.1, 0.15) is 24.8 Å². The van der Waals surface area contributed by atoms with Crippen molar-refractivity contribution in [2.45, 2.75) is 25.8 Å². The molecule has 142 valence electrons. The van der Waals surface area contributed by atoms with Crippen molar-refractivity contribution < 1.29 is 13.6 Å². The number of rotatable bonds is 2. The number of hydrogen-bond donors (Lipinski definition) is 0. The summed E-state index contributed by atoms with van der Waals surface area (Å²) >= 11 is 0. The second kappa shape index (κ2) is 7.27. The third-order valence-electron chi connectivity index (χ3n) is 5.35. The number of hydrogen-bond acceptors (Lipinski definition) is 3. The zero-order chi connectivity index (χ0) is 19.0. The summed E-state index contributed by atoms with van der Waals surface area (Å²) in [6.07, 6.45) is 2.56. The Kier molecular flexibility index (Phi) is 4.83. The molecule has 2 heterocycles. The van der Waals surface area contributed by atoms with E-state index in [1.165, 1.54) is 12.1 Å². The van der Waals surface area contributed by atoms with E-state index in [-0.39, 0.29) is 5.91 Å². The Balaban J connectivity index is 1.73. The predicted octanol–water partition coefficient (Wildman–Crippen LogP) is 4.07. The van der Waals surface area contributed by atoms with E-state index in [4.69, 9.17) is 0 Å². The van der Waals surface area contributed by atoms with Crippen molar-refractivity contribution in [1.82, 2.24) is 4.90 Å². The summed E-state index contributed by atoms with van der Waals surface area (Å²) in [6, 6.07) is 10.0. The predicted molar refractivity (Wildman–Crippen MR) is 102 cm³/mol. The number of piperidine rings is 1. The van der Waals surface area contributed by atoms with Gasteiger partial charge >= 0.3 is 0 Å². The van der Waals surface area contributed by atoms with Gasteiger partial charge in [0, 0.05) is 55.7 Å². The summed E-state index contributed by atoms with van der Waals surface area (Å²) in [5.74, 6) is -1.52. The zero-order valence-electron chi connectivity index (χ0n) is 15.4. The summed E-state index contributed by atoms with van der Waals surface area (Å²) in [6.45, 7) is 2.97. The Morgan fingerprint density at radius 3 is 2.41 bits per heavy atom. The summed E-state index contributed by atoms with van der Waals surface area (Å²) in [7, 11) is 2.04. The van der Waals surface area contributed by atoms with Gasteiger partial charge in [0.2, 0.25) is 5.91 Å². The molecule has 2 aliphatic heterocycles. The largest absolute Gasteiger partial charge is 0.340 e. The maximum absolute atomic E-state index is 13.8. The monoisotopic (exact) mass is 371 g/mol. The third kappa shape index (κ3) is 3.54. The van der Waals surface area contributed by atoms with Crippen LogP contribution in [0.25, 0.3) is 0 Å². The average Bonchev–Trinajstić information content (AvgIpc) is 2.82. The molecule has 2 aromatic carbocycles. The van der Waals surface area contributed by atoms with Crippen LogP contribution in [0.2, 0.25) is 0 Å². The fourth-order valence-corrected chi connectivity index (χ4v) is 3.89. The van der Waals surface area contributed by atoms with Crippen LogP contribution in [0.3, 0.4) is 0 Å². The summed E-state index contributed by atoms with van der Waals surface area (Å²) < 4.78 is 27.1. The summed E-state index contributed by atoms with van der Waals surface area (Å²) in [5, 5.41) is 0. The molecule has 1 amide bonds. The number of carbonyl (C=O) groups is 1. The number of benzene rings is 2. The molecule has 0 unspecified atom stereocenters. The van der Waals surface area contributed by atoms with Crippen molar-refractivity contribution in [3.8, 4) is 0 Å². The molecule has 0 N–H and O–H groups in total. The first-order valence-corrected chi connectivity index (χ1v) is 9.37. The first-order valence-electron chi connectivity index (χ1n) is 9.37. The number of nitrogens with zero attached hydrogens (tertiary/aromatic N) is 3. The van der Waals surface area contributed by atoms with E-state index < -0.39 is 11.6 Å². The lowest BCUT2D eigenvalue weighted by atomic mass is 10.1. The molecule has 4 nitrogen and oxygen atoms in total. The van der Waals surface area contributed by atoms with Gasteiger partial charge in [-0.1, -0.05) is 0 Å². The van der Waals surface area contributed by atoms with Gasteiger partial charge in [0.15, 0.2) is 11.6 Å². The van der Waals surface area contributed by atoms with Crippen molar-refractivity contribution in [2.24, 2.45) is 0 Å². The van der Waals surface area contributed by atoms with Crippen LogP contribution in [-0.4, -0.2) is 37.5 Å². The highest BCUT2D eigenvalue weighted by molar-refractivity contribution is 5.94. The number of carbonyl (C=O) groups excluding carboxylic acids is 1. The Labute approximate surface area is 158 Å². The summed E-state index contributed by atoms with van der Waals surface area (Å²) in [4.78, 5) is 18.3. The number of likely N-dealkylation sites (N-methyl/N-ethyl adjacent to an activating group) is 1. The number of fused-ring (bicyclic) bond motifs is 1. The fraction of sp³-hybridized carbons (Fsp3) is 0.381. The summed E-state index contributed by atoms with van der Waals surface area (Å²) in [5.41, 5.74) is 3.60. The van der Waals surface area contributed by atoms with E-state index in [0.29, 0.717) is 18.7 Å². The van der Waals surface area contributed by atoms with Crippen LogP contribution in [-0.2, 0) is 11.3 Å². The molecule has 0 aliphatic carbocycles. The molecular formula is C21H23F2N3O. The third-order valence-corrected chi connectivity index (χ3v) is 5.35. The van der Waals surface area contributed by atoms with Crippen molar-refractivity contribution in [1.29, 1.82) is 0 Å². The molecule has 4 rings (SSSR count). The number of halogens is 2. The molecule has 2 aromatic rings. The van der Waals surface area contributed by atoms with Crippen molar-refractivity contribution in [2.75, 3.05) is 36.5 Å². The standard InChI is InChI=1S/C21H23F2N3O/c1-24-10-11-25(17-5-7-18(22)19(23)13-17)20-8-6-16(12-15(20)14-24)26-9-3-2-4-21(26)27/h5-8,12-13H,2-4,9-11,14H2,1H3. The van der Waals surface area contributed by atoms with Crippen molar-refractivity contribution >= 4 is 23.0 Å². The zero-order valence-corrected chi connectivity index (χ0v) is 15.4. The molecule has 0 aromatic heterocycles. The minimum atomic E-state index is -0.845. The minimum Gasteiger partial charge on any atom is -0.340 e. The molecule has 1 saturated heterocycles. The lowest BCUT2D eigenvalue weighted by Crippen LogP contribution is -2.35. The maximum Gasteiger partial charge on any atom is 0.226 e. The topological polar surface area (TPSA) is 26.8 Å². The van der Waals surface area contributed by atoms with Gasteiger partial charge in [-0.05, 0) is 55.8 Å². The highest BCUT2D eigenvalue weighted by Gasteiger charge is 2.24. The van der Waals surface area contributed by atoms with E-state index in [2.05, 4.69) is 11.0 Å². The van der Waals surface area contributed by atoms with Crippen molar-refractivity contribution in [3.05, 3.63) is 53.6 Å². The Morgan fingerprint density at radius 2 is 1.63 bits per heavy atom. The van der Waals surface area contributed by atoms with Gasteiger partial charge in [0.05, 0.1) is 0 Å². The Bertz CT molecular complexity index is 871. The van der Waals surface area contributed by atoms with Gasteiger partial charge < -0.3 is 14.7 Å². The van der Waals surface area contributed by atoms with Crippen molar-refractivity contribution in [3.63, 3.8) is 0 Å². The Hall–Kier alpha value is -2.47. The van der Waals surface area contributed by atoms with E-state index >= 15 is 0 Å². The number of anilines is 3. The quantitative estimate of drug-likeness (QED) is 0.796. The lowest BCUT2D eigenvalue weighted by Gasteiger charge is -2.29. The lowest BCUT2D eigenvalue weighted by molar-refractivity contribution is -0.119. The van der Waals surface area contributed by atoms with Gasteiger partial charge in [-0.25, -0.2) is 8.78 Å². The van der Waals surface area contributed by atoms with Crippen LogP contribution in [0.15, 0.2) is 36.4 Å². The van der Waals surface area contributed by atoms with Crippen LogP contribution in [0.5, 0.6) is 0 Å². The Morgan fingerprint density at radius 1 is 0.852 bits per heavy atom. The highest BCUT2D eigenvalue weighted by atomic mass is 19.2. The van der Waals surface area contributed by atoms with Crippen LogP contribution < -0.4 is 9.80 Å². The second-order valence-electron chi connectivity index (χ2n) is 7.30. The van der Waals surface area contributed by atoms with Gasteiger partial charge in [-0.3, -0.25) is 4.79 Å². The highest BCUT2D eigenvalue weighted by Crippen LogP contribution is 2.35. The van der Waals surface area contributed by atoms with E-state index in [9.17, 15) is 13.6 Å². The smallest absolute Gasteiger partial charge is 0.226 e.